The first-order valence-corrected chi connectivity index (χ1v) is 10.8. The number of halogens is 7. The third kappa shape index (κ3) is 8.28. The average molecular weight is 544 g/mol. The fourth-order valence-corrected chi connectivity index (χ4v) is 3.05. The molecule has 0 saturated carbocycles. The van der Waals surface area contributed by atoms with Gasteiger partial charge in [-0.2, -0.15) is 26.3 Å². The summed E-state index contributed by atoms with van der Waals surface area (Å²) < 4.78 is 97.2. The zero-order valence-corrected chi connectivity index (χ0v) is 19.2. The molecule has 0 aliphatic heterocycles. The molecule has 13 heteroatoms. The van der Waals surface area contributed by atoms with Gasteiger partial charge in [0.05, 0.1) is 24.3 Å². The highest BCUT2D eigenvalue weighted by atomic mass is 19.4. The van der Waals surface area contributed by atoms with Crippen LogP contribution in [-0.4, -0.2) is 24.5 Å². The van der Waals surface area contributed by atoms with E-state index in [2.05, 4.69) is 5.32 Å². The predicted octanol–water partition coefficient (Wildman–Crippen LogP) is 5.75. The van der Waals surface area contributed by atoms with Gasteiger partial charge in [0.1, 0.15) is 5.82 Å². The van der Waals surface area contributed by atoms with Gasteiger partial charge in [-0.25, -0.2) is 9.87 Å². The van der Waals surface area contributed by atoms with Crippen molar-refractivity contribution in [2.45, 2.75) is 25.1 Å². The van der Waals surface area contributed by atoms with Crippen molar-refractivity contribution in [3.63, 3.8) is 0 Å². The molecule has 0 bridgehead atoms. The predicted molar refractivity (Wildman–Crippen MR) is 120 cm³/mol. The van der Waals surface area contributed by atoms with Crippen LogP contribution < -0.4 is 10.8 Å². The van der Waals surface area contributed by atoms with Crippen LogP contribution in [0.4, 0.5) is 36.4 Å². The maximum atomic E-state index is 13.1. The number of nitrogens with one attached hydrogen (secondary N) is 2. The summed E-state index contributed by atoms with van der Waals surface area (Å²) in [6, 6.07) is 13.6. The van der Waals surface area contributed by atoms with Gasteiger partial charge in [0.15, 0.2) is 6.10 Å². The molecule has 0 spiro atoms. The molecule has 0 fully saturated rings. The Bertz CT molecular complexity index is 1220. The monoisotopic (exact) mass is 544 g/mol. The summed E-state index contributed by atoms with van der Waals surface area (Å²) in [4.78, 5) is 30.2. The first kappa shape index (κ1) is 28.6. The SMILES string of the molecule is O=C(NO[C@H](COCc1ccccc1)C(=O)Nc1ccc(F)cc1)c1cc(C(F)(F)F)cc(C(F)(F)F)c1. The molecule has 0 unspecified atom stereocenters. The van der Waals surface area contributed by atoms with Crippen LogP contribution in [0.15, 0.2) is 72.8 Å². The number of ether oxygens (including phenoxy) is 1. The second-order valence-electron chi connectivity index (χ2n) is 7.83. The Labute approximate surface area is 211 Å². The number of anilines is 1. The quantitative estimate of drug-likeness (QED) is 0.266. The van der Waals surface area contributed by atoms with Gasteiger partial charge in [-0.15, -0.1) is 0 Å². The number of carbonyl (C=O) groups is 2. The Morgan fingerprint density at radius 3 is 1.95 bits per heavy atom. The number of hydroxylamine groups is 1. The van der Waals surface area contributed by atoms with Gasteiger partial charge in [0.25, 0.3) is 11.8 Å². The van der Waals surface area contributed by atoms with Crippen molar-refractivity contribution in [1.82, 2.24) is 5.48 Å². The molecule has 2 amide bonds. The minimum absolute atomic E-state index is 0.0149. The van der Waals surface area contributed by atoms with E-state index in [1.54, 1.807) is 35.8 Å². The van der Waals surface area contributed by atoms with E-state index in [4.69, 9.17) is 9.57 Å². The second-order valence-corrected chi connectivity index (χ2v) is 7.83. The van der Waals surface area contributed by atoms with Gasteiger partial charge in [-0.1, -0.05) is 30.3 Å². The molecule has 3 aromatic rings. The minimum Gasteiger partial charge on any atom is -0.373 e. The zero-order chi connectivity index (χ0) is 27.9. The summed E-state index contributed by atoms with van der Waals surface area (Å²) in [5, 5.41) is 2.38. The average Bonchev–Trinajstić information content (AvgIpc) is 2.86. The molecule has 38 heavy (non-hydrogen) atoms. The van der Waals surface area contributed by atoms with E-state index in [1.165, 1.54) is 12.1 Å². The lowest BCUT2D eigenvalue weighted by Crippen LogP contribution is -2.40. The minimum atomic E-state index is -5.17. The first-order chi connectivity index (χ1) is 17.8. The van der Waals surface area contributed by atoms with Crippen LogP contribution in [0, 0.1) is 5.82 Å². The summed E-state index contributed by atoms with van der Waals surface area (Å²) in [5.74, 6) is -2.94. The molecule has 2 N–H and O–H groups in total. The molecule has 0 saturated heterocycles. The van der Waals surface area contributed by atoms with E-state index in [1.807, 2.05) is 0 Å². The van der Waals surface area contributed by atoms with Crippen LogP contribution in [0.1, 0.15) is 27.0 Å². The van der Waals surface area contributed by atoms with Crippen molar-refractivity contribution in [2.75, 3.05) is 11.9 Å². The van der Waals surface area contributed by atoms with E-state index in [0.717, 1.165) is 17.7 Å². The number of carbonyl (C=O) groups excluding carboxylic acids is 2. The highest BCUT2D eigenvalue weighted by molar-refractivity contribution is 5.96. The maximum Gasteiger partial charge on any atom is 0.416 e. The Kier molecular flexibility index (Phi) is 9.07. The molecule has 3 rings (SSSR count). The third-order valence-electron chi connectivity index (χ3n) is 4.93. The summed E-state index contributed by atoms with van der Waals surface area (Å²) in [5.41, 5.74) is -1.83. The van der Waals surface area contributed by atoms with Crippen molar-refractivity contribution >= 4 is 17.5 Å². The van der Waals surface area contributed by atoms with Crippen molar-refractivity contribution in [3.05, 3.63) is 101 Å². The van der Waals surface area contributed by atoms with E-state index < -0.39 is 59.4 Å². The lowest BCUT2D eigenvalue weighted by atomic mass is 10.0. The summed E-state index contributed by atoms with van der Waals surface area (Å²) in [6.45, 7) is -0.459. The maximum absolute atomic E-state index is 13.1. The number of alkyl halides is 6. The number of benzene rings is 3. The normalized spacial score (nSPS) is 12.6. The molecule has 1 atom stereocenters. The fourth-order valence-electron chi connectivity index (χ4n) is 3.05. The topological polar surface area (TPSA) is 76.7 Å². The van der Waals surface area contributed by atoms with Crippen LogP contribution >= 0.6 is 0 Å². The Balaban J connectivity index is 1.76. The molecule has 0 aromatic heterocycles. The van der Waals surface area contributed by atoms with Gasteiger partial charge in [-0.05, 0) is 48.0 Å². The van der Waals surface area contributed by atoms with Gasteiger partial charge < -0.3 is 10.1 Å². The molecule has 0 aliphatic carbocycles. The third-order valence-corrected chi connectivity index (χ3v) is 4.93. The van der Waals surface area contributed by atoms with Crippen LogP contribution in [0.2, 0.25) is 0 Å². The Morgan fingerprint density at radius 2 is 1.39 bits per heavy atom. The highest BCUT2D eigenvalue weighted by Crippen LogP contribution is 2.36. The molecule has 0 heterocycles. The van der Waals surface area contributed by atoms with E-state index in [9.17, 15) is 40.3 Å². The van der Waals surface area contributed by atoms with Crippen LogP contribution in [0.5, 0.6) is 0 Å². The first-order valence-electron chi connectivity index (χ1n) is 10.8. The number of rotatable bonds is 9. The standard InChI is InChI=1S/C25H19F7N2O4/c26-19-6-8-20(9-7-19)33-23(36)21(14-37-13-15-4-2-1-3-5-15)38-34-22(35)16-10-17(24(27,28)29)12-18(11-16)25(30,31)32/h1-12,21H,13-14H2,(H,33,36)(H,34,35)/t21-/m1/s1. The number of amides is 2. The summed E-state index contributed by atoms with van der Waals surface area (Å²) in [7, 11) is 0. The van der Waals surface area contributed by atoms with Gasteiger partial charge in [-0.3, -0.25) is 14.4 Å². The van der Waals surface area contributed by atoms with Crippen molar-refractivity contribution in [2.24, 2.45) is 0 Å². The lowest BCUT2D eigenvalue weighted by molar-refractivity contribution is -0.143. The zero-order valence-electron chi connectivity index (χ0n) is 19.2. The summed E-state index contributed by atoms with van der Waals surface area (Å²) in [6.07, 6.45) is -11.9. The van der Waals surface area contributed by atoms with E-state index in [0.29, 0.717) is 0 Å². The van der Waals surface area contributed by atoms with E-state index in [-0.39, 0.29) is 30.5 Å². The van der Waals surface area contributed by atoms with Crippen molar-refractivity contribution in [1.29, 1.82) is 0 Å². The molecular weight excluding hydrogens is 525 g/mol. The van der Waals surface area contributed by atoms with Crippen LogP contribution in [0.25, 0.3) is 0 Å². The van der Waals surface area contributed by atoms with Crippen molar-refractivity contribution < 1.29 is 49.9 Å². The highest BCUT2D eigenvalue weighted by Gasteiger charge is 2.37. The van der Waals surface area contributed by atoms with Gasteiger partial charge in [0.2, 0.25) is 0 Å². The Morgan fingerprint density at radius 1 is 0.816 bits per heavy atom. The molecule has 3 aromatic carbocycles. The molecule has 202 valence electrons. The molecule has 6 nitrogen and oxygen atoms in total. The largest absolute Gasteiger partial charge is 0.416 e. The molecule has 0 aliphatic rings. The molecular formula is C25H19F7N2O4. The molecule has 0 radical (unpaired) electrons. The van der Waals surface area contributed by atoms with E-state index >= 15 is 0 Å². The van der Waals surface area contributed by atoms with Gasteiger partial charge in [0, 0.05) is 11.3 Å². The van der Waals surface area contributed by atoms with Gasteiger partial charge >= 0.3 is 12.4 Å². The van der Waals surface area contributed by atoms with Crippen LogP contribution in [0.3, 0.4) is 0 Å². The lowest BCUT2D eigenvalue weighted by Gasteiger charge is -2.19. The Hall–Kier alpha value is -3.97. The second kappa shape index (κ2) is 12.0. The summed E-state index contributed by atoms with van der Waals surface area (Å²) >= 11 is 0. The fraction of sp³-hybridized carbons (Fsp3) is 0.200. The van der Waals surface area contributed by atoms with Crippen molar-refractivity contribution in [3.8, 4) is 0 Å². The van der Waals surface area contributed by atoms with Crippen LogP contribution in [-0.2, 0) is 33.3 Å². The number of hydrogen-bond donors (Lipinski definition) is 2. The number of hydrogen-bond acceptors (Lipinski definition) is 4. The smallest absolute Gasteiger partial charge is 0.373 e.